The quantitative estimate of drug-likeness (QED) is 0.206. The molecule has 0 aromatic heterocycles. The molecule has 0 heterocycles. The fourth-order valence-corrected chi connectivity index (χ4v) is 4.85. The summed E-state index contributed by atoms with van der Waals surface area (Å²) in [6, 6.07) is 20.0. The molecule has 32 heavy (non-hydrogen) atoms. The van der Waals surface area contributed by atoms with E-state index in [1.54, 1.807) is 0 Å². The number of hydrogen-bond acceptors (Lipinski definition) is 0. The van der Waals surface area contributed by atoms with Crippen LogP contribution in [0.2, 0.25) is 0 Å². The van der Waals surface area contributed by atoms with Crippen molar-refractivity contribution in [3.05, 3.63) is 120 Å². The van der Waals surface area contributed by atoms with Gasteiger partial charge in [0.1, 0.15) is 0 Å². The molecule has 174 valence electrons. The van der Waals surface area contributed by atoms with Crippen LogP contribution in [0.15, 0.2) is 108 Å². The first kappa shape index (κ1) is 31.3. The van der Waals surface area contributed by atoms with Gasteiger partial charge in [-0.1, -0.05) is 31.7 Å². The van der Waals surface area contributed by atoms with Gasteiger partial charge in [0.25, 0.3) is 0 Å². The van der Waals surface area contributed by atoms with Gasteiger partial charge in [-0.3, -0.25) is 17.6 Å². The molecule has 0 fully saturated rings. The fourth-order valence-electron chi connectivity index (χ4n) is 3.29. The molecule has 0 bridgehead atoms. The van der Waals surface area contributed by atoms with Gasteiger partial charge >= 0.3 is 34.1 Å². The SMILES string of the molecule is CC(C1=CC=CC1=C1[CH-]C=C[C-]1C(C)P(C)C)P(C)C.[Fe+2].[Fe+2].c1cc[cH-]c1.c1cc[cH-]c1. The Kier molecular flexibility index (Phi) is 16.5. The van der Waals surface area contributed by atoms with Crippen LogP contribution >= 0.6 is 15.8 Å². The second-order valence-corrected chi connectivity index (χ2v) is 13.4. The van der Waals surface area contributed by atoms with E-state index in [0.29, 0.717) is 11.3 Å². The maximum atomic E-state index is 2.38. The molecule has 0 radical (unpaired) electrons. The predicted molar refractivity (Wildman–Crippen MR) is 141 cm³/mol. The molecule has 2 aliphatic carbocycles. The van der Waals surface area contributed by atoms with Crippen molar-refractivity contribution < 1.29 is 34.1 Å². The Morgan fingerprint density at radius 2 is 1.34 bits per heavy atom. The largest absolute Gasteiger partial charge is 2.00 e. The Morgan fingerprint density at radius 1 is 0.812 bits per heavy atom. The van der Waals surface area contributed by atoms with Crippen LogP contribution in [0.4, 0.5) is 0 Å². The maximum Gasteiger partial charge on any atom is 2.00 e. The molecule has 0 saturated heterocycles. The molecule has 2 unspecified atom stereocenters. The van der Waals surface area contributed by atoms with Crippen LogP contribution < -0.4 is 0 Å². The minimum absolute atomic E-state index is 0. The number of allylic oxidation sites excluding steroid dienone is 8. The standard InChI is InChI=1S/C18H26P2.2C5H5.2Fe/c1-13(19(3)4)15-9-7-11-17(15)18-12-8-10-16(18)14(2)20(5)6;2*1-2-4-5-3-1;;/h7-14H,1-6H3;2*1-5H;;/q-2;2*-1;2*+2. The summed E-state index contributed by atoms with van der Waals surface area (Å²) < 4.78 is 0. The van der Waals surface area contributed by atoms with Crippen LogP contribution in [0, 0.1) is 12.3 Å². The smallest absolute Gasteiger partial charge is 0.290 e. The third-order valence-corrected chi connectivity index (χ3v) is 9.20. The second kappa shape index (κ2) is 16.8. The third-order valence-electron chi connectivity index (χ3n) is 5.55. The molecule has 0 nitrogen and oxygen atoms in total. The minimum atomic E-state index is 0. The second-order valence-electron chi connectivity index (χ2n) is 7.99. The summed E-state index contributed by atoms with van der Waals surface area (Å²) in [6.45, 7) is 14.3. The average molecular weight is 546 g/mol. The van der Waals surface area contributed by atoms with Crippen LogP contribution in [-0.4, -0.2) is 38.0 Å². The van der Waals surface area contributed by atoms with Crippen molar-refractivity contribution in [1.82, 2.24) is 0 Å². The molecule has 4 heteroatoms. The van der Waals surface area contributed by atoms with Gasteiger partial charge in [-0.05, 0) is 32.3 Å². The summed E-state index contributed by atoms with van der Waals surface area (Å²) in [4.78, 5) is 0. The van der Waals surface area contributed by atoms with Gasteiger partial charge in [0.15, 0.2) is 0 Å². The van der Waals surface area contributed by atoms with E-state index >= 15 is 0 Å². The van der Waals surface area contributed by atoms with Crippen LogP contribution in [0.25, 0.3) is 0 Å². The van der Waals surface area contributed by atoms with Crippen molar-refractivity contribution in [3.8, 4) is 0 Å². The van der Waals surface area contributed by atoms with Gasteiger partial charge < -0.3 is 0 Å². The molecule has 2 aliphatic rings. The maximum absolute atomic E-state index is 2.38. The Balaban J connectivity index is 0.000000657. The zero-order valence-corrected chi connectivity index (χ0v) is 24.0. The minimum Gasteiger partial charge on any atom is -0.290 e. The van der Waals surface area contributed by atoms with E-state index in [4.69, 9.17) is 0 Å². The van der Waals surface area contributed by atoms with E-state index in [0.717, 1.165) is 0 Å². The molecular weight excluding hydrogens is 510 g/mol. The number of hydrogen-bond donors (Lipinski definition) is 0. The van der Waals surface area contributed by atoms with Crippen molar-refractivity contribution in [2.75, 3.05) is 26.7 Å². The topological polar surface area (TPSA) is 0 Å². The zero-order chi connectivity index (χ0) is 21.9. The van der Waals surface area contributed by atoms with Crippen molar-refractivity contribution in [3.63, 3.8) is 0 Å². The molecule has 2 aromatic rings. The van der Waals surface area contributed by atoms with E-state index in [9.17, 15) is 0 Å². The Bertz CT molecular complexity index is 764. The summed E-state index contributed by atoms with van der Waals surface area (Å²) in [6.07, 6.45) is 13.7. The molecule has 0 N–H and O–H groups in total. The van der Waals surface area contributed by atoms with Gasteiger partial charge in [0, 0.05) is 0 Å². The summed E-state index contributed by atoms with van der Waals surface area (Å²) in [5, 5.41) is 0. The molecular formula is C28H36Fe2P2. The molecule has 0 aliphatic heterocycles. The Hall–Kier alpha value is -0.701. The summed E-state index contributed by atoms with van der Waals surface area (Å²) >= 11 is 0. The van der Waals surface area contributed by atoms with Crippen LogP contribution in [0.5, 0.6) is 0 Å². The van der Waals surface area contributed by atoms with Crippen LogP contribution in [0.1, 0.15) is 13.8 Å². The first-order chi connectivity index (χ1) is 14.4. The average Bonchev–Trinajstić information content (AvgIpc) is 3.54. The van der Waals surface area contributed by atoms with Crippen molar-refractivity contribution in [2.45, 2.75) is 25.2 Å². The Labute approximate surface area is 220 Å². The van der Waals surface area contributed by atoms with Gasteiger partial charge in [-0.2, -0.15) is 42.0 Å². The molecule has 0 saturated carbocycles. The molecule has 0 spiro atoms. The van der Waals surface area contributed by atoms with E-state index in [2.05, 4.69) is 77.3 Å². The van der Waals surface area contributed by atoms with E-state index in [-0.39, 0.29) is 50.0 Å². The summed E-state index contributed by atoms with van der Waals surface area (Å²) in [7, 11) is 0.125. The molecule has 4 rings (SSSR count). The van der Waals surface area contributed by atoms with Gasteiger partial charge in [-0.15, -0.1) is 27.5 Å². The number of rotatable bonds is 4. The predicted octanol–water partition coefficient (Wildman–Crippen LogP) is 8.19. The van der Waals surface area contributed by atoms with E-state index in [1.165, 1.54) is 22.6 Å². The van der Waals surface area contributed by atoms with Crippen molar-refractivity contribution >= 4 is 15.8 Å². The summed E-state index contributed by atoms with van der Waals surface area (Å²) in [5.74, 6) is 1.54. The van der Waals surface area contributed by atoms with Crippen molar-refractivity contribution in [1.29, 1.82) is 0 Å². The Morgan fingerprint density at radius 3 is 1.75 bits per heavy atom. The van der Waals surface area contributed by atoms with Crippen LogP contribution in [0.3, 0.4) is 0 Å². The first-order valence-electron chi connectivity index (χ1n) is 10.6. The van der Waals surface area contributed by atoms with E-state index < -0.39 is 0 Å². The van der Waals surface area contributed by atoms with Gasteiger partial charge in [0.05, 0.1) is 0 Å². The summed E-state index contributed by atoms with van der Waals surface area (Å²) in [5.41, 5.74) is 5.84. The third kappa shape index (κ3) is 9.65. The molecule has 2 aromatic carbocycles. The van der Waals surface area contributed by atoms with E-state index in [1.807, 2.05) is 60.7 Å². The van der Waals surface area contributed by atoms with Gasteiger partial charge in [-0.25, -0.2) is 36.8 Å². The van der Waals surface area contributed by atoms with Crippen molar-refractivity contribution in [2.24, 2.45) is 0 Å². The first-order valence-corrected chi connectivity index (χ1v) is 15.2. The molecule has 0 amide bonds. The zero-order valence-electron chi connectivity index (χ0n) is 20.0. The van der Waals surface area contributed by atoms with Gasteiger partial charge in [0.2, 0.25) is 0 Å². The normalized spacial score (nSPS) is 17.9. The molecule has 2 atom stereocenters. The van der Waals surface area contributed by atoms with Crippen LogP contribution in [-0.2, 0) is 34.1 Å². The fraction of sp³-hybridized carbons (Fsp3) is 0.286. The monoisotopic (exact) mass is 546 g/mol.